The van der Waals surface area contributed by atoms with Crippen molar-refractivity contribution in [2.45, 2.75) is 99.0 Å². The van der Waals surface area contributed by atoms with Gasteiger partial charge in [0.1, 0.15) is 13.2 Å². The molecule has 0 spiro atoms. The summed E-state index contributed by atoms with van der Waals surface area (Å²) in [5.41, 5.74) is 0. The average Bonchev–Trinajstić information content (AvgIpc) is 2.81. The molecule has 0 fully saturated rings. The van der Waals surface area contributed by atoms with Crippen LogP contribution in [-0.4, -0.2) is 37.2 Å². The van der Waals surface area contributed by atoms with Crippen molar-refractivity contribution in [3.05, 3.63) is 36.5 Å². The minimum Gasteiger partial charge on any atom is -0.461 e. The molecule has 35 heavy (non-hydrogen) atoms. The van der Waals surface area contributed by atoms with Gasteiger partial charge in [-0.05, 0) is 37.0 Å². The normalized spacial score (nSPS) is 14.5. The summed E-state index contributed by atoms with van der Waals surface area (Å²) in [5, 5.41) is 0. The molecule has 0 rings (SSSR count). The Morgan fingerprint density at radius 2 is 1.26 bits per heavy atom. The van der Waals surface area contributed by atoms with Crippen molar-refractivity contribution in [2.75, 3.05) is 13.2 Å². The van der Waals surface area contributed by atoms with Crippen LogP contribution in [0.4, 0.5) is 0 Å². The molecule has 200 valence electrons. The molecule has 0 N–H and O–H groups in total. The number of esters is 3. The van der Waals surface area contributed by atoms with E-state index in [1.54, 1.807) is 18.2 Å². The van der Waals surface area contributed by atoms with Gasteiger partial charge in [-0.3, -0.25) is 14.4 Å². The Kier molecular flexibility index (Phi) is 19.5. The van der Waals surface area contributed by atoms with Gasteiger partial charge in [-0.15, -0.1) is 0 Å². The van der Waals surface area contributed by atoms with Gasteiger partial charge < -0.3 is 14.2 Å². The molecule has 0 aromatic heterocycles. The molecule has 3 unspecified atom stereocenters. The highest BCUT2D eigenvalue weighted by Gasteiger charge is 2.18. The molecule has 3 atom stereocenters. The Hall–Kier alpha value is -2.37. The van der Waals surface area contributed by atoms with Crippen molar-refractivity contribution >= 4 is 17.9 Å². The maximum absolute atomic E-state index is 12.3. The van der Waals surface area contributed by atoms with E-state index < -0.39 is 24.0 Å². The van der Waals surface area contributed by atoms with Gasteiger partial charge in [0.25, 0.3) is 0 Å². The molecule has 0 amide bonds. The number of allylic oxidation sites excluding steroid dienone is 3. The topological polar surface area (TPSA) is 78.9 Å². The number of hydrogen-bond donors (Lipinski definition) is 0. The van der Waals surface area contributed by atoms with Crippen molar-refractivity contribution in [3.63, 3.8) is 0 Å². The van der Waals surface area contributed by atoms with Gasteiger partial charge in [0.2, 0.25) is 0 Å². The molecule has 6 nitrogen and oxygen atoms in total. The number of carbonyl (C=O) groups excluding carboxylic acids is 3. The lowest BCUT2D eigenvalue weighted by atomic mass is 10.1. The van der Waals surface area contributed by atoms with Crippen LogP contribution in [0.15, 0.2) is 36.5 Å². The van der Waals surface area contributed by atoms with E-state index in [1.807, 2.05) is 18.2 Å². The van der Waals surface area contributed by atoms with Crippen molar-refractivity contribution in [1.82, 2.24) is 0 Å². The summed E-state index contributed by atoms with van der Waals surface area (Å²) in [6.07, 6.45) is 15.9. The van der Waals surface area contributed by atoms with Crippen LogP contribution in [0, 0.1) is 17.8 Å². The van der Waals surface area contributed by atoms with Crippen LogP contribution in [0.3, 0.4) is 0 Å². The molecule has 0 radical (unpaired) electrons. The second-order valence-corrected chi connectivity index (χ2v) is 9.61. The minimum absolute atomic E-state index is 0.116. The number of carbonyl (C=O) groups is 3. The van der Waals surface area contributed by atoms with E-state index in [2.05, 4.69) is 41.5 Å². The molecule has 0 aliphatic carbocycles. The van der Waals surface area contributed by atoms with Crippen LogP contribution < -0.4 is 0 Å². The van der Waals surface area contributed by atoms with Gasteiger partial charge >= 0.3 is 17.9 Å². The lowest BCUT2D eigenvalue weighted by Crippen LogP contribution is -2.30. The third-order valence-electron chi connectivity index (χ3n) is 5.40. The summed E-state index contributed by atoms with van der Waals surface area (Å²) in [6.45, 7) is 12.4. The van der Waals surface area contributed by atoms with E-state index in [1.165, 1.54) is 0 Å². The predicted molar refractivity (Wildman–Crippen MR) is 141 cm³/mol. The zero-order valence-corrected chi connectivity index (χ0v) is 22.8. The van der Waals surface area contributed by atoms with Gasteiger partial charge in [-0.1, -0.05) is 90.8 Å². The fourth-order valence-corrected chi connectivity index (χ4v) is 3.01. The molecule has 0 heterocycles. The van der Waals surface area contributed by atoms with Crippen molar-refractivity contribution in [1.29, 1.82) is 0 Å². The lowest BCUT2D eigenvalue weighted by Gasteiger charge is -2.17. The first-order chi connectivity index (χ1) is 16.7. The lowest BCUT2D eigenvalue weighted by molar-refractivity contribution is -0.165. The molecule has 0 saturated carbocycles. The summed E-state index contributed by atoms with van der Waals surface area (Å²) in [7, 11) is 0. The zero-order valence-electron chi connectivity index (χ0n) is 22.8. The number of hydrogen-bond acceptors (Lipinski definition) is 6. The summed E-state index contributed by atoms with van der Waals surface area (Å²) in [5.74, 6) is 0.199. The third kappa shape index (κ3) is 20.7. The van der Waals surface area contributed by atoms with Gasteiger partial charge in [0.15, 0.2) is 6.10 Å². The van der Waals surface area contributed by atoms with E-state index in [-0.39, 0.29) is 32.5 Å². The van der Waals surface area contributed by atoms with Gasteiger partial charge in [-0.25, -0.2) is 0 Å². The summed E-state index contributed by atoms with van der Waals surface area (Å²) < 4.78 is 16.0. The van der Waals surface area contributed by atoms with Crippen LogP contribution in [0.5, 0.6) is 0 Å². The fraction of sp³-hybridized carbons (Fsp3) is 0.690. The summed E-state index contributed by atoms with van der Waals surface area (Å²) in [6, 6.07) is 0. The number of ether oxygens (including phenoxy) is 3. The fourth-order valence-electron chi connectivity index (χ4n) is 3.01. The van der Waals surface area contributed by atoms with Crippen LogP contribution >= 0.6 is 0 Å². The summed E-state index contributed by atoms with van der Waals surface area (Å²) >= 11 is 0. The maximum Gasteiger partial charge on any atom is 0.310 e. The first-order valence-corrected chi connectivity index (χ1v) is 13.1. The highest BCUT2D eigenvalue weighted by Crippen LogP contribution is 2.09. The van der Waals surface area contributed by atoms with Gasteiger partial charge in [0, 0.05) is 0 Å². The molecule has 6 heteroatoms. The minimum atomic E-state index is -0.846. The first kappa shape index (κ1) is 32.6. The maximum atomic E-state index is 12.3. The summed E-state index contributed by atoms with van der Waals surface area (Å²) in [4.78, 5) is 36.4. The first-order valence-electron chi connectivity index (χ1n) is 13.1. The van der Waals surface area contributed by atoms with E-state index in [9.17, 15) is 14.4 Å². The largest absolute Gasteiger partial charge is 0.461 e. The van der Waals surface area contributed by atoms with Gasteiger partial charge in [-0.2, -0.15) is 0 Å². The Balaban J connectivity index is 4.74. The standard InChI is InChI=1S/C29H48O6/c1-7-14-25(6)17-13-20-28(31)34-22-26(21-33-27(30)18-11-9-15-23(3)4)35-29(32)19-12-10-16-24(5)8-2/h9-13,17,23-26H,7-8,14-16,18-22H2,1-6H3/b11-9+,12-10+,17-13+. The smallest absolute Gasteiger partial charge is 0.310 e. The molecular weight excluding hydrogens is 444 g/mol. The Bertz CT molecular complexity index is 677. The van der Waals surface area contributed by atoms with E-state index >= 15 is 0 Å². The van der Waals surface area contributed by atoms with Gasteiger partial charge in [0.05, 0.1) is 19.3 Å². The zero-order chi connectivity index (χ0) is 26.5. The van der Waals surface area contributed by atoms with Crippen molar-refractivity contribution in [3.8, 4) is 0 Å². The average molecular weight is 493 g/mol. The second-order valence-electron chi connectivity index (χ2n) is 9.61. The van der Waals surface area contributed by atoms with Crippen molar-refractivity contribution < 1.29 is 28.6 Å². The highest BCUT2D eigenvalue weighted by atomic mass is 16.6. The van der Waals surface area contributed by atoms with E-state index in [0.717, 1.165) is 32.1 Å². The molecule has 0 aromatic rings. The Labute approximate surface area is 213 Å². The molecule has 0 bridgehead atoms. The Morgan fingerprint density at radius 1 is 0.714 bits per heavy atom. The monoisotopic (exact) mass is 492 g/mol. The third-order valence-corrected chi connectivity index (χ3v) is 5.40. The SMILES string of the molecule is CCCC(C)/C=C/CC(=O)OCC(COC(=O)C/C=C/CC(C)C)OC(=O)C/C=C/CC(C)CC. The quantitative estimate of drug-likeness (QED) is 0.113. The van der Waals surface area contributed by atoms with Crippen LogP contribution in [0.1, 0.15) is 92.9 Å². The van der Waals surface area contributed by atoms with Crippen LogP contribution in [0.25, 0.3) is 0 Å². The molecule has 0 aliphatic rings. The predicted octanol–water partition coefficient (Wildman–Crippen LogP) is 6.74. The molecule has 0 aliphatic heterocycles. The molecular formula is C29H48O6. The van der Waals surface area contributed by atoms with Crippen LogP contribution in [-0.2, 0) is 28.6 Å². The number of rotatable bonds is 19. The molecule has 0 saturated heterocycles. The highest BCUT2D eigenvalue weighted by molar-refractivity contribution is 5.73. The van der Waals surface area contributed by atoms with E-state index in [0.29, 0.717) is 17.8 Å². The van der Waals surface area contributed by atoms with Crippen molar-refractivity contribution in [2.24, 2.45) is 17.8 Å². The second kappa shape index (κ2) is 21.0. The van der Waals surface area contributed by atoms with Crippen LogP contribution in [0.2, 0.25) is 0 Å². The molecule has 0 aromatic carbocycles. The van der Waals surface area contributed by atoms with E-state index in [4.69, 9.17) is 14.2 Å². The Morgan fingerprint density at radius 3 is 1.80 bits per heavy atom.